The van der Waals surface area contributed by atoms with E-state index in [1.165, 1.54) is 0 Å². The normalized spacial score (nSPS) is 10.4. The number of rotatable bonds is 2. The fourth-order valence-corrected chi connectivity index (χ4v) is 1.95. The van der Waals surface area contributed by atoms with Gasteiger partial charge in [0.1, 0.15) is 5.75 Å². The third-order valence-corrected chi connectivity index (χ3v) is 2.90. The summed E-state index contributed by atoms with van der Waals surface area (Å²) in [6.45, 7) is 1.98. The summed E-state index contributed by atoms with van der Waals surface area (Å²) in [7, 11) is 0. The van der Waals surface area contributed by atoms with Crippen LogP contribution in [-0.2, 0) is 0 Å². The summed E-state index contributed by atoms with van der Waals surface area (Å²) in [5, 5.41) is 7.14. The van der Waals surface area contributed by atoms with Gasteiger partial charge in [-0.1, -0.05) is 17.7 Å². The fourth-order valence-electron chi connectivity index (χ4n) is 1.14. The van der Waals surface area contributed by atoms with Gasteiger partial charge in [-0.15, -0.1) is 10.2 Å². The Hall–Kier alpha value is -0.910. The van der Waals surface area contributed by atoms with Gasteiger partial charge >= 0.3 is 0 Å². The maximum atomic E-state index is 5.79. The average Bonchev–Trinajstić information content (AvgIpc) is 2.27. The highest BCUT2D eigenvalue weighted by Gasteiger charge is 2.10. The van der Waals surface area contributed by atoms with Gasteiger partial charge in [0.05, 0.1) is 4.47 Å². The van der Waals surface area contributed by atoms with E-state index in [0.717, 1.165) is 10.0 Å². The highest BCUT2D eigenvalue weighted by molar-refractivity contribution is 9.10. The molecule has 0 aliphatic rings. The first kappa shape index (κ1) is 12.5. The highest BCUT2D eigenvalue weighted by Crippen LogP contribution is 2.32. The first-order chi connectivity index (χ1) is 8.06. The summed E-state index contributed by atoms with van der Waals surface area (Å²) in [4.78, 5) is 3.85. The van der Waals surface area contributed by atoms with Crippen molar-refractivity contribution in [3.05, 3.63) is 38.7 Å². The maximum absolute atomic E-state index is 5.79. The van der Waals surface area contributed by atoms with Crippen LogP contribution in [0.15, 0.2) is 22.7 Å². The van der Waals surface area contributed by atoms with Crippen LogP contribution in [0.25, 0.3) is 0 Å². The molecule has 0 spiro atoms. The highest BCUT2D eigenvalue weighted by atomic mass is 79.9. The lowest BCUT2D eigenvalue weighted by Gasteiger charge is -2.07. The van der Waals surface area contributed by atoms with Gasteiger partial charge in [0.2, 0.25) is 10.4 Å². The SMILES string of the molecule is Cc1ccc(Oc2nc(Cl)nnc2Cl)c(Br)c1. The van der Waals surface area contributed by atoms with E-state index in [0.29, 0.717) is 5.75 Å². The fraction of sp³-hybridized carbons (Fsp3) is 0.100. The Labute approximate surface area is 116 Å². The Kier molecular flexibility index (Phi) is 3.81. The number of benzene rings is 1. The van der Waals surface area contributed by atoms with Crippen molar-refractivity contribution in [2.75, 3.05) is 0 Å². The molecule has 1 aromatic heterocycles. The summed E-state index contributed by atoms with van der Waals surface area (Å²) in [6.07, 6.45) is 0. The second kappa shape index (κ2) is 5.16. The largest absolute Gasteiger partial charge is 0.435 e. The van der Waals surface area contributed by atoms with Crippen LogP contribution in [0, 0.1) is 6.92 Å². The van der Waals surface area contributed by atoms with Crippen molar-refractivity contribution in [2.24, 2.45) is 0 Å². The minimum absolute atomic E-state index is 0.0207. The molecule has 1 heterocycles. The van der Waals surface area contributed by atoms with E-state index in [1.807, 2.05) is 19.1 Å². The number of aromatic nitrogens is 3. The van der Waals surface area contributed by atoms with Crippen LogP contribution in [0.2, 0.25) is 10.4 Å². The van der Waals surface area contributed by atoms with Gasteiger partial charge in [0.25, 0.3) is 5.88 Å². The number of hydrogen-bond acceptors (Lipinski definition) is 4. The smallest absolute Gasteiger partial charge is 0.262 e. The molecule has 0 fully saturated rings. The van der Waals surface area contributed by atoms with Gasteiger partial charge in [0, 0.05) is 0 Å². The summed E-state index contributed by atoms with van der Waals surface area (Å²) in [6, 6.07) is 5.62. The summed E-state index contributed by atoms with van der Waals surface area (Å²) >= 11 is 14.8. The summed E-state index contributed by atoms with van der Waals surface area (Å²) in [5.41, 5.74) is 1.11. The van der Waals surface area contributed by atoms with E-state index in [1.54, 1.807) is 6.07 Å². The molecule has 2 aromatic rings. The third-order valence-electron chi connectivity index (χ3n) is 1.88. The second-order valence-corrected chi connectivity index (χ2v) is 4.76. The number of aryl methyl sites for hydroxylation is 1. The quantitative estimate of drug-likeness (QED) is 0.831. The first-order valence-electron chi connectivity index (χ1n) is 4.56. The molecule has 0 saturated carbocycles. The van der Waals surface area contributed by atoms with Gasteiger partial charge in [-0.3, -0.25) is 0 Å². The lowest BCUT2D eigenvalue weighted by Crippen LogP contribution is -1.95. The molecule has 0 amide bonds. The molecule has 0 unspecified atom stereocenters. The zero-order valence-electron chi connectivity index (χ0n) is 8.62. The Bertz CT molecular complexity index is 565. The van der Waals surface area contributed by atoms with E-state index in [-0.39, 0.29) is 16.3 Å². The Morgan fingerprint density at radius 2 is 2.00 bits per heavy atom. The van der Waals surface area contributed by atoms with Crippen LogP contribution in [0.3, 0.4) is 0 Å². The van der Waals surface area contributed by atoms with Crippen molar-refractivity contribution in [1.82, 2.24) is 15.2 Å². The Balaban J connectivity index is 2.34. The van der Waals surface area contributed by atoms with Crippen molar-refractivity contribution >= 4 is 39.1 Å². The standard InChI is InChI=1S/C10H6BrCl2N3O/c1-5-2-3-7(6(11)4-5)17-9-8(12)15-16-10(13)14-9/h2-4H,1H3. The summed E-state index contributed by atoms with van der Waals surface area (Å²) < 4.78 is 6.29. The van der Waals surface area contributed by atoms with E-state index < -0.39 is 0 Å². The van der Waals surface area contributed by atoms with Crippen molar-refractivity contribution in [1.29, 1.82) is 0 Å². The van der Waals surface area contributed by atoms with Crippen LogP contribution in [-0.4, -0.2) is 15.2 Å². The van der Waals surface area contributed by atoms with Gasteiger partial charge in [0.15, 0.2) is 0 Å². The van der Waals surface area contributed by atoms with Crippen LogP contribution >= 0.6 is 39.1 Å². The lowest BCUT2D eigenvalue weighted by molar-refractivity contribution is 0.454. The second-order valence-electron chi connectivity index (χ2n) is 3.21. The monoisotopic (exact) mass is 333 g/mol. The molecule has 0 atom stereocenters. The zero-order valence-corrected chi connectivity index (χ0v) is 11.7. The molecule has 7 heteroatoms. The molecule has 1 aromatic carbocycles. The van der Waals surface area contributed by atoms with Crippen LogP contribution in [0.4, 0.5) is 0 Å². The molecular weight excluding hydrogens is 329 g/mol. The molecule has 0 bridgehead atoms. The maximum Gasteiger partial charge on any atom is 0.262 e. The molecule has 17 heavy (non-hydrogen) atoms. The predicted octanol–water partition coefficient (Wildman–Crippen LogP) is 4.04. The van der Waals surface area contributed by atoms with Gasteiger partial charge in [-0.2, -0.15) is 4.98 Å². The molecule has 0 radical (unpaired) electrons. The third kappa shape index (κ3) is 3.06. The minimum atomic E-state index is -0.0207. The lowest BCUT2D eigenvalue weighted by atomic mass is 10.2. The van der Waals surface area contributed by atoms with Crippen molar-refractivity contribution in [3.63, 3.8) is 0 Å². The molecule has 88 valence electrons. The Morgan fingerprint density at radius 1 is 1.24 bits per heavy atom. The van der Waals surface area contributed by atoms with Crippen LogP contribution in [0.5, 0.6) is 11.6 Å². The predicted molar refractivity (Wildman–Crippen MR) is 68.8 cm³/mol. The molecule has 2 rings (SSSR count). The van der Waals surface area contributed by atoms with Crippen molar-refractivity contribution in [2.45, 2.75) is 6.92 Å². The Morgan fingerprint density at radius 3 is 2.71 bits per heavy atom. The molecule has 0 saturated heterocycles. The van der Waals surface area contributed by atoms with Crippen molar-refractivity contribution < 1.29 is 4.74 Å². The topological polar surface area (TPSA) is 47.9 Å². The van der Waals surface area contributed by atoms with Gasteiger partial charge in [-0.25, -0.2) is 0 Å². The average molecular weight is 335 g/mol. The van der Waals surface area contributed by atoms with E-state index in [9.17, 15) is 0 Å². The molecular formula is C10H6BrCl2N3O. The number of nitrogens with zero attached hydrogens (tertiary/aromatic N) is 3. The minimum Gasteiger partial charge on any atom is -0.435 e. The first-order valence-corrected chi connectivity index (χ1v) is 6.11. The van der Waals surface area contributed by atoms with Gasteiger partial charge < -0.3 is 4.74 Å². The van der Waals surface area contributed by atoms with Gasteiger partial charge in [-0.05, 0) is 52.2 Å². The summed E-state index contributed by atoms with van der Waals surface area (Å²) in [5.74, 6) is 0.699. The molecule has 0 N–H and O–H groups in total. The molecule has 4 nitrogen and oxygen atoms in total. The van der Waals surface area contributed by atoms with E-state index >= 15 is 0 Å². The number of halogens is 3. The van der Waals surface area contributed by atoms with E-state index in [2.05, 4.69) is 31.1 Å². The molecule has 0 aliphatic heterocycles. The van der Waals surface area contributed by atoms with E-state index in [4.69, 9.17) is 27.9 Å². The van der Waals surface area contributed by atoms with Crippen LogP contribution in [0.1, 0.15) is 5.56 Å². The molecule has 0 aliphatic carbocycles. The number of ether oxygens (including phenoxy) is 1. The van der Waals surface area contributed by atoms with Crippen LogP contribution < -0.4 is 4.74 Å². The number of hydrogen-bond donors (Lipinski definition) is 0. The van der Waals surface area contributed by atoms with Crippen molar-refractivity contribution in [3.8, 4) is 11.6 Å². The zero-order chi connectivity index (χ0) is 12.4.